The minimum atomic E-state index is -0.461. The van der Waals surface area contributed by atoms with Gasteiger partial charge in [0.05, 0.1) is 5.88 Å². The maximum Gasteiger partial charge on any atom is 0.302 e. The molecule has 0 N–H and O–H groups in total. The van der Waals surface area contributed by atoms with Crippen molar-refractivity contribution in [1.29, 1.82) is 0 Å². The molecular weight excluding hydrogens is 180 g/mol. The molecular formula is C8H13ClO3. The van der Waals surface area contributed by atoms with E-state index in [4.69, 9.17) is 16.3 Å². The molecule has 0 fully saturated rings. The van der Waals surface area contributed by atoms with Crippen LogP contribution in [0.25, 0.3) is 0 Å². The molecule has 0 saturated heterocycles. The first-order valence-electron chi connectivity index (χ1n) is 3.85. The number of ether oxygens (including phenoxy) is 1. The molecule has 1 atom stereocenters. The zero-order chi connectivity index (χ0) is 9.56. The molecule has 0 amide bonds. The van der Waals surface area contributed by atoms with Crippen molar-refractivity contribution in [2.24, 2.45) is 0 Å². The highest BCUT2D eigenvalue weighted by Crippen LogP contribution is 2.04. The molecule has 1 unspecified atom stereocenters. The first kappa shape index (κ1) is 11.4. The monoisotopic (exact) mass is 192 g/mol. The summed E-state index contributed by atoms with van der Waals surface area (Å²) in [5, 5.41) is 0. The lowest BCUT2D eigenvalue weighted by Gasteiger charge is -2.12. The summed E-state index contributed by atoms with van der Waals surface area (Å²) in [4.78, 5) is 21.4. The predicted octanol–water partition coefficient (Wildman–Crippen LogP) is 1.53. The van der Waals surface area contributed by atoms with Crippen LogP contribution < -0.4 is 0 Å². The van der Waals surface area contributed by atoms with Crippen LogP contribution in [0.3, 0.4) is 0 Å². The second kappa shape index (κ2) is 6.00. The fourth-order valence-corrected chi connectivity index (χ4v) is 0.933. The minimum Gasteiger partial charge on any atom is -0.461 e. The van der Waals surface area contributed by atoms with Gasteiger partial charge in [-0.2, -0.15) is 0 Å². The van der Waals surface area contributed by atoms with E-state index in [-0.39, 0.29) is 18.1 Å². The lowest BCUT2D eigenvalue weighted by atomic mass is 10.1. The molecule has 0 aliphatic carbocycles. The molecule has 0 heterocycles. The molecule has 0 aliphatic heterocycles. The van der Waals surface area contributed by atoms with Crippen molar-refractivity contribution >= 4 is 23.4 Å². The second-order valence-electron chi connectivity index (χ2n) is 2.48. The highest BCUT2D eigenvalue weighted by atomic mass is 35.5. The predicted molar refractivity (Wildman–Crippen MR) is 46.2 cm³/mol. The van der Waals surface area contributed by atoms with Crippen molar-refractivity contribution in [3.8, 4) is 0 Å². The van der Waals surface area contributed by atoms with Gasteiger partial charge in [-0.3, -0.25) is 9.59 Å². The molecule has 0 aliphatic rings. The van der Waals surface area contributed by atoms with Gasteiger partial charge in [0.1, 0.15) is 11.9 Å². The SMILES string of the molecule is CCC(=O)CC(CCl)OC(C)=O. The molecule has 0 aromatic heterocycles. The highest BCUT2D eigenvalue weighted by molar-refractivity contribution is 6.18. The van der Waals surface area contributed by atoms with Gasteiger partial charge in [0.2, 0.25) is 0 Å². The zero-order valence-corrected chi connectivity index (χ0v) is 8.06. The molecule has 12 heavy (non-hydrogen) atoms. The molecule has 0 spiro atoms. The number of alkyl halides is 1. The summed E-state index contributed by atoms with van der Waals surface area (Å²) < 4.78 is 4.78. The summed E-state index contributed by atoms with van der Waals surface area (Å²) in [7, 11) is 0. The van der Waals surface area contributed by atoms with Gasteiger partial charge in [-0.1, -0.05) is 6.92 Å². The average molecular weight is 193 g/mol. The summed E-state index contributed by atoms with van der Waals surface area (Å²) in [6, 6.07) is 0. The van der Waals surface area contributed by atoms with Gasteiger partial charge in [-0.05, 0) is 0 Å². The third kappa shape index (κ3) is 5.13. The van der Waals surface area contributed by atoms with E-state index in [1.165, 1.54) is 6.92 Å². The largest absolute Gasteiger partial charge is 0.461 e. The number of halogens is 1. The maximum atomic E-state index is 10.9. The standard InChI is InChI=1S/C8H13ClO3/c1-3-7(11)4-8(5-9)12-6(2)10/h8H,3-5H2,1-2H3. The Morgan fingerprint density at radius 3 is 2.42 bits per heavy atom. The van der Waals surface area contributed by atoms with Crippen molar-refractivity contribution in [1.82, 2.24) is 0 Å². The van der Waals surface area contributed by atoms with Gasteiger partial charge in [0.25, 0.3) is 0 Å². The van der Waals surface area contributed by atoms with E-state index in [9.17, 15) is 9.59 Å². The number of Topliss-reactive ketones (excluding diaryl/α,β-unsaturated/α-hetero) is 1. The van der Waals surface area contributed by atoms with Gasteiger partial charge in [-0.25, -0.2) is 0 Å². The fraction of sp³-hybridized carbons (Fsp3) is 0.750. The zero-order valence-electron chi connectivity index (χ0n) is 7.30. The van der Waals surface area contributed by atoms with Crippen LogP contribution in [-0.2, 0) is 14.3 Å². The minimum absolute atomic E-state index is 0.0573. The molecule has 4 heteroatoms. The van der Waals surface area contributed by atoms with Crippen LogP contribution >= 0.6 is 11.6 Å². The van der Waals surface area contributed by atoms with E-state index < -0.39 is 12.1 Å². The Kier molecular flexibility index (Phi) is 5.72. The first-order chi connectivity index (χ1) is 5.60. The van der Waals surface area contributed by atoms with Crippen LogP contribution in [0.5, 0.6) is 0 Å². The lowest BCUT2D eigenvalue weighted by Crippen LogP contribution is -2.21. The molecule has 3 nitrogen and oxygen atoms in total. The summed E-state index contributed by atoms with van der Waals surface area (Å²) in [6.07, 6.45) is 0.213. The van der Waals surface area contributed by atoms with Crippen molar-refractivity contribution in [2.75, 3.05) is 5.88 Å². The highest BCUT2D eigenvalue weighted by Gasteiger charge is 2.13. The third-order valence-corrected chi connectivity index (χ3v) is 1.70. The Labute approximate surface area is 77.0 Å². The Hall–Kier alpha value is -0.570. The number of hydrogen-bond acceptors (Lipinski definition) is 3. The number of carbonyl (C=O) groups is 2. The molecule has 0 aromatic carbocycles. The van der Waals surface area contributed by atoms with E-state index in [1.54, 1.807) is 6.92 Å². The van der Waals surface area contributed by atoms with Gasteiger partial charge in [0, 0.05) is 19.8 Å². The Morgan fingerprint density at radius 1 is 1.50 bits per heavy atom. The number of rotatable bonds is 5. The van der Waals surface area contributed by atoms with Crippen LogP contribution in [0.4, 0.5) is 0 Å². The molecule has 0 radical (unpaired) electrons. The van der Waals surface area contributed by atoms with Crippen molar-refractivity contribution in [3.05, 3.63) is 0 Å². The molecule has 0 saturated carbocycles. The van der Waals surface area contributed by atoms with Crippen molar-refractivity contribution in [2.45, 2.75) is 32.8 Å². The smallest absolute Gasteiger partial charge is 0.302 e. The maximum absolute atomic E-state index is 10.9. The summed E-state index contributed by atoms with van der Waals surface area (Å²) in [5.41, 5.74) is 0. The fourth-order valence-electron chi connectivity index (χ4n) is 0.761. The van der Waals surface area contributed by atoms with E-state index in [0.717, 1.165) is 0 Å². The normalized spacial score (nSPS) is 12.2. The molecule has 0 rings (SSSR count). The van der Waals surface area contributed by atoms with Crippen LogP contribution in [-0.4, -0.2) is 23.7 Å². The second-order valence-corrected chi connectivity index (χ2v) is 2.79. The number of carbonyl (C=O) groups excluding carboxylic acids is 2. The van der Waals surface area contributed by atoms with E-state index in [1.807, 2.05) is 0 Å². The van der Waals surface area contributed by atoms with Gasteiger partial charge < -0.3 is 4.74 Å². The average Bonchev–Trinajstić information content (AvgIpc) is 2.02. The van der Waals surface area contributed by atoms with Gasteiger partial charge in [0.15, 0.2) is 0 Å². The van der Waals surface area contributed by atoms with E-state index >= 15 is 0 Å². The topological polar surface area (TPSA) is 43.4 Å². The molecule has 0 bridgehead atoms. The van der Waals surface area contributed by atoms with E-state index in [2.05, 4.69) is 0 Å². The van der Waals surface area contributed by atoms with Crippen LogP contribution in [0.15, 0.2) is 0 Å². The Morgan fingerprint density at radius 2 is 2.08 bits per heavy atom. The molecule has 0 aromatic rings. The van der Waals surface area contributed by atoms with Crippen molar-refractivity contribution in [3.63, 3.8) is 0 Å². The lowest BCUT2D eigenvalue weighted by molar-refractivity contribution is -0.146. The van der Waals surface area contributed by atoms with Crippen molar-refractivity contribution < 1.29 is 14.3 Å². The Balaban J connectivity index is 3.82. The first-order valence-corrected chi connectivity index (χ1v) is 4.38. The quantitative estimate of drug-likeness (QED) is 0.490. The van der Waals surface area contributed by atoms with Gasteiger partial charge >= 0.3 is 5.97 Å². The summed E-state index contributed by atoms with van der Waals surface area (Å²) >= 11 is 5.48. The van der Waals surface area contributed by atoms with E-state index in [0.29, 0.717) is 6.42 Å². The number of esters is 1. The third-order valence-electron chi connectivity index (χ3n) is 1.35. The number of ketones is 1. The summed E-state index contributed by atoms with van der Waals surface area (Å²) in [6.45, 7) is 3.07. The Bertz CT molecular complexity index is 168. The van der Waals surface area contributed by atoms with Gasteiger partial charge in [-0.15, -0.1) is 11.6 Å². The van der Waals surface area contributed by atoms with Crippen LogP contribution in [0.1, 0.15) is 26.7 Å². The van der Waals surface area contributed by atoms with Crippen LogP contribution in [0.2, 0.25) is 0 Å². The number of hydrogen-bond donors (Lipinski definition) is 0. The summed E-state index contributed by atoms with van der Waals surface area (Å²) in [5.74, 6) is -0.169. The molecule has 70 valence electrons. The van der Waals surface area contributed by atoms with Crippen LogP contribution in [0, 0.1) is 0 Å².